The third-order valence-corrected chi connectivity index (χ3v) is 9.01. The highest BCUT2D eigenvalue weighted by molar-refractivity contribution is 7.89. The summed E-state index contributed by atoms with van der Waals surface area (Å²) in [7, 11) is -3.41. The van der Waals surface area contributed by atoms with E-state index in [1.165, 1.54) is 17.7 Å². The van der Waals surface area contributed by atoms with Crippen molar-refractivity contribution in [1.29, 1.82) is 0 Å². The van der Waals surface area contributed by atoms with Crippen molar-refractivity contribution in [3.8, 4) is 22.4 Å². The third kappa shape index (κ3) is 5.88. The van der Waals surface area contributed by atoms with Gasteiger partial charge in [-0.1, -0.05) is 18.2 Å². The van der Waals surface area contributed by atoms with E-state index < -0.39 is 10.0 Å². The molecular formula is C31H31FN4O2S. The highest BCUT2D eigenvalue weighted by Gasteiger charge is 2.28. The fourth-order valence-corrected chi connectivity index (χ4v) is 6.41. The molecule has 2 aliphatic rings. The van der Waals surface area contributed by atoms with Crippen LogP contribution >= 0.6 is 0 Å². The molecule has 4 aromatic rings. The van der Waals surface area contributed by atoms with E-state index in [9.17, 15) is 12.8 Å². The summed E-state index contributed by atoms with van der Waals surface area (Å²) < 4.78 is 41.1. The van der Waals surface area contributed by atoms with Gasteiger partial charge < -0.3 is 4.98 Å². The van der Waals surface area contributed by atoms with Crippen LogP contribution in [0.1, 0.15) is 30.4 Å². The maximum Gasteiger partial charge on any atom is 0.240 e. The minimum absolute atomic E-state index is 0.105. The van der Waals surface area contributed by atoms with Gasteiger partial charge in [0.25, 0.3) is 0 Å². The van der Waals surface area contributed by atoms with Gasteiger partial charge in [-0.25, -0.2) is 17.5 Å². The van der Waals surface area contributed by atoms with Crippen LogP contribution in [0.25, 0.3) is 28.0 Å². The molecule has 2 aromatic heterocycles. The number of rotatable bonds is 9. The normalized spacial score (nSPS) is 16.3. The van der Waals surface area contributed by atoms with Crippen molar-refractivity contribution >= 4 is 15.6 Å². The van der Waals surface area contributed by atoms with Crippen molar-refractivity contribution in [1.82, 2.24) is 19.6 Å². The van der Waals surface area contributed by atoms with E-state index in [0.29, 0.717) is 4.90 Å². The minimum atomic E-state index is -3.41. The van der Waals surface area contributed by atoms with Crippen LogP contribution in [0.15, 0.2) is 90.2 Å². The monoisotopic (exact) mass is 542 g/mol. The van der Waals surface area contributed by atoms with Crippen LogP contribution in [-0.2, 0) is 16.4 Å². The lowest BCUT2D eigenvalue weighted by atomic mass is 9.92. The molecule has 1 aliphatic heterocycles. The van der Waals surface area contributed by atoms with Crippen molar-refractivity contribution in [3.63, 3.8) is 0 Å². The minimum Gasteiger partial charge on any atom is -0.360 e. The number of sulfonamides is 1. The van der Waals surface area contributed by atoms with Gasteiger partial charge >= 0.3 is 0 Å². The molecule has 1 fully saturated rings. The molecule has 3 heterocycles. The third-order valence-electron chi connectivity index (χ3n) is 7.47. The topological polar surface area (TPSA) is 78.1 Å². The fraction of sp³-hybridized carbons (Fsp3) is 0.258. The largest absolute Gasteiger partial charge is 0.360 e. The van der Waals surface area contributed by atoms with Crippen LogP contribution in [-0.4, -0.2) is 49.0 Å². The van der Waals surface area contributed by atoms with E-state index in [0.717, 1.165) is 78.8 Å². The maximum absolute atomic E-state index is 13.6. The van der Waals surface area contributed by atoms with Gasteiger partial charge in [0.2, 0.25) is 10.0 Å². The van der Waals surface area contributed by atoms with Crippen LogP contribution in [0.2, 0.25) is 0 Å². The molecule has 200 valence electrons. The van der Waals surface area contributed by atoms with Crippen LogP contribution in [0.4, 0.5) is 4.39 Å². The predicted octanol–water partition coefficient (Wildman–Crippen LogP) is 5.66. The van der Waals surface area contributed by atoms with Crippen LogP contribution in [0.5, 0.6) is 0 Å². The Balaban J connectivity index is 1.15. The number of nitrogens with zero attached hydrogens (tertiary/aromatic N) is 2. The summed E-state index contributed by atoms with van der Waals surface area (Å²) in [5.41, 5.74) is 7.67. The first-order valence-corrected chi connectivity index (χ1v) is 14.9. The van der Waals surface area contributed by atoms with E-state index in [1.807, 2.05) is 24.3 Å². The molecule has 0 amide bonds. The Morgan fingerprint density at radius 3 is 2.38 bits per heavy atom. The summed E-state index contributed by atoms with van der Waals surface area (Å²) in [4.78, 5) is 10.4. The lowest BCUT2D eigenvalue weighted by molar-refractivity contribution is 0.306. The number of halogens is 1. The van der Waals surface area contributed by atoms with Crippen molar-refractivity contribution in [2.45, 2.75) is 36.6 Å². The zero-order valence-electron chi connectivity index (χ0n) is 21.6. The number of pyridine rings is 1. The summed E-state index contributed by atoms with van der Waals surface area (Å²) in [6, 6.07) is 18.0. The number of aromatic amines is 1. The molecule has 0 radical (unpaired) electrons. The molecule has 8 heteroatoms. The first kappa shape index (κ1) is 25.7. The predicted molar refractivity (Wildman–Crippen MR) is 152 cm³/mol. The van der Waals surface area contributed by atoms with E-state index in [1.54, 1.807) is 36.7 Å². The molecule has 6 rings (SSSR count). The van der Waals surface area contributed by atoms with Gasteiger partial charge in [0.1, 0.15) is 5.82 Å². The van der Waals surface area contributed by atoms with E-state index in [-0.39, 0.29) is 11.9 Å². The molecule has 2 N–H and O–H groups in total. The summed E-state index contributed by atoms with van der Waals surface area (Å²) >= 11 is 0. The number of aromatic nitrogens is 2. The zero-order valence-corrected chi connectivity index (χ0v) is 22.4. The Morgan fingerprint density at radius 2 is 1.72 bits per heavy atom. The molecule has 0 unspecified atom stereocenters. The smallest absolute Gasteiger partial charge is 0.240 e. The first-order valence-electron chi connectivity index (χ1n) is 13.4. The lowest BCUT2D eigenvalue weighted by Crippen LogP contribution is -2.30. The van der Waals surface area contributed by atoms with E-state index in [2.05, 4.69) is 31.9 Å². The number of nitrogens with one attached hydrogen (secondary N) is 2. The van der Waals surface area contributed by atoms with Gasteiger partial charge in [-0.3, -0.25) is 9.88 Å². The average Bonchev–Trinajstić information content (AvgIpc) is 3.66. The SMILES string of the molecule is O=S(=O)(NC1CC1)c1ccc(CCN2CC=C(c3c[nH]c(-c4ccc(F)cc4)c3-c3ccncc3)CC2)cc1. The summed E-state index contributed by atoms with van der Waals surface area (Å²) in [5, 5.41) is 0. The standard InChI is InChI=1S/C31H31FN4O2S/c32-26-5-3-25(4-6-26)31-30(24-11-16-33-17-12-24)29(21-34-31)23-14-19-36(20-15-23)18-13-22-1-9-28(10-2-22)39(37,38)35-27-7-8-27/h1-6,9-12,14,16-17,21,27,34-35H,7-8,13,15,18-20H2. The average molecular weight is 543 g/mol. The Kier molecular flexibility index (Phi) is 7.16. The maximum atomic E-state index is 13.6. The lowest BCUT2D eigenvalue weighted by Gasteiger charge is -2.26. The molecule has 0 saturated heterocycles. The second kappa shape index (κ2) is 10.9. The first-order chi connectivity index (χ1) is 19.0. The molecule has 0 atom stereocenters. The van der Waals surface area contributed by atoms with Crippen LogP contribution in [0.3, 0.4) is 0 Å². The summed E-state index contributed by atoms with van der Waals surface area (Å²) in [6.45, 7) is 2.69. The number of benzene rings is 2. The summed E-state index contributed by atoms with van der Waals surface area (Å²) in [5.74, 6) is -0.252. The van der Waals surface area contributed by atoms with Gasteiger partial charge in [-0.05, 0) is 96.5 Å². The number of H-pyrrole nitrogens is 1. The highest BCUT2D eigenvalue weighted by Crippen LogP contribution is 2.39. The summed E-state index contributed by atoms with van der Waals surface area (Å²) in [6.07, 6.45) is 11.6. The highest BCUT2D eigenvalue weighted by atomic mass is 32.2. The Hall–Kier alpha value is -3.59. The molecule has 1 aliphatic carbocycles. The quantitative estimate of drug-likeness (QED) is 0.286. The molecule has 1 saturated carbocycles. The van der Waals surface area contributed by atoms with Crippen molar-refractivity contribution < 1.29 is 12.8 Å². The Labute approximate surface area is 228 Å². The molecule has 0 spiro atoms. The Bertz CT molecular complexity index is 1580. The van der Waals surface area contributed by atoms with Crippen LogP contribution < -0.4 is 4.72 Å². The number of hydrogen-bond acceptors (Lipinski definition) is 4. The molecule has 6 nitrogen and oxygen atoms in total. The molecular weight excluding hydrogens is 511 g/mol. The van der Waals surface area contributed by atoms with Gasteiger partial charge in [0.05, 0.1) is 10.6 Å². The molecule has 39 heavy (non-hydrogen) atoms. The van der Waals surface area contributed by atoms with E-state index in [4.69, 9.17) is 0 Å². The second-order valence-corrected chi connectivity index (χ2v) is 12.0. The van der Waals surface area contributed by atoms with Gasteiger partial charge in [0.15, 0.2) is 0 Å². The molecule has 0 bridgehead atoms. The van der Waals surface area contributed by atoms with Crippen LogP contribution in [0, 0.1) is 5.82 Å². The van der Waals surface area contributed by atoms with Gasteiger partial charge in [-0.2, -0.15) is 0 Å². The number of hydrogen-bond donors (Lipinski definition) is 2. The van der Waals surface area contributed by atoms with Gasteiger partial charge in [-0.15, -0.1) is 0 Å². The fourth-order valence-electron chi connectivity index (χ4n) is 5.11. The second-order valence-electron chi connectivity index (χ2n) is 10.3. The van der Waals surface area contributed by atoms with Crippen molar-refractivity contribution in [2.75, 3.05) is 19.6 Å². The van der Waals surface area contributed by atoms with Gasteiger partial charge in [0, 0.05) is 55.4 Å². The molecule has 2 aromatic carbocycles. The van der Waals surface area contributed by atoms with Crippen molar-refractivity contribution in [2.24, 2.45) is 0 Å². The van der Waals surface area contributed by atoms with Crippen molar-refractivity contribution in [3.05, 3.63) is 102 Å². The Morgan fingerprint density at radius 1 is 0.974 bits per heavy atom. The zero-order chi connectivity index (χ0) is 26.8. The van der Waals surface area contributed by atoms with E-state index >= 15 is 0 Å².